The Morgan fingerprint density at radius 2 is 1.92 bits per heavy atom. The lowest BCUT2D eigenvalue weighted by molar-refractivity contribution is -0.173. The molecule has 12 heteroatoms. The molecule has 1 aliphatic carbocycles. The summed E-state index contributed by atoms with van der Waals surface area (Å²) in [6.07, 6.45) is -1.76. The largest absolute Gasteiger partial charge is 0.459 e. The number of rotatable bonds is 5. The molecule has 202 valence electrons. The van der Waals surface area contributed by atoms with E-state index in [1.165, 1.54) is 17.4 Å². The number of benzene rings is 1. The zero-order valence-electron chi connectivity index (χ0n) is 20.7. The highest BCUT2D eigenvalue weighted by molar-refractivity contribution is 9.10. The van der Waals surface area contributed by atoms with Gasteiger partial charge < -0.3 is 15.4 Å². The molecule has 1 aromatic carbocycles. The molecule has 2 N–H and O–H groups in total. The predicted molar refractivity (Wildman–Crippen MR) is 142 cm³/mol. The van der Waals surface area contributed by atoms with E-state index in [4.69, 9.17) is 4.74 Å². The molecular weight excluding hydrogens is 585 g/mol. The Morgan fingerprint density at radius 3 is 2.61 bits per heavy atom. The third-order valence-electron chi connectivity index (χ3n) is 6.64. The second-order valence-electron chi connectivity index (χ2n) is 9.72. The average Bonchev–Trinajstić information content (AvgIpc) is 3.44. The molecule has 2 aromatic heterocycles. The standard InChI is InChI=1S/C26H26BrF3N4O3S/c1-13(2)37-25(36)22-16-5-3-4-6-19(16)38-24(22)32-23(35)18-12-21-31-17(14-7-9-15(27)10-8-14)11-20(26(28,29)30)34(21)33-18/h7-10,12-13,17,20,31H,3-6,11H2,1-2H3,(H,32,35). The molecule has 5 rings (SSSR count). The number of nitrogens with one attached hydrogen (secondary N) is 2. The summed E-state index contributed by atoms with van der Waals surface area (Å²) in [6.45, 7) is 3.49. The van der Waals surface area contributed by atoms with Crippen molar-refractivity contribution >= 4 is 50.0 Å². The van der Waals surface area contributed by atoms with Gasteiger partial charge in [0.1, 0.15) is 10.8 Å². The smallest absolute Gasteiger partial charge is 0.410 e. The van der Waals surface area contributed by atoms with Gasteiger partial charge in [0.15, 0.2) is 11.7 Å². The highest BCUT2D eigenvalue weighted by Gasteiger charge is 2.47. The molecule has 2 unspecified atom stereocenters. The fraction of sp³-hybridized carbons (Fsp3) is 0.423. The van der Waals surface area contributed by atoms with Gasteiger partial charge in [0, 0.05) is 21.8 Å². The summed E-state index contributed by atoms with van der Waals surface area (Å²) in [5.74, 6) is -1.11. The topological polar surface area (TPSA) is 85.2 Å². The van der Waals surface area contributed by atoms with Crippen LogP contribution in [-0.2, 0) is 17.6 Å². The van der Waals surface area contributed by atoms with E-state index < -0.39 is 30.1 Å². The Balaban J connectivity index is 1.45. The molecule has 1 aliphatic heterocycles. The third kappa shape index (κ3) is 5.33. The molecule has 7 nitrogen and oxygen atoms in total. The van der Waals surface area contributed by atoms with Crippen molar-refractivity contribution in [3.05, 3.63) is 62.1 Å². The van der Waals surface area contributed by atoms with Gasteiger partial charge in [0.25, 0.3) is 5.91 Å². The van der Waals surface area contributed by atoms with Crippen LogP contribution in [0.5, 0.6) is 0 Å². The number of anilines is 2. The van der Waals surface area contributed by atoms with E-state index in [9.17, 15) is 22.8 Å². The van der Waals surface area contributed by atoms with Crippen molar-refractivity contribution in [2.45, 2.75) is 70.3 Å². The third-order valence-corrected chi connectivity index (χ3v) is 8.38. The van der Waals surface area contributed by atoms with Gasteiger partial charge in [-0.15, -0.1) is 11.3 Å². The van der Waals surface area contributed by atoms with E-state index >= 15 is 0 Å². The zero-order valence-corrected chi connectivity index (χ0v) is 23.1. The number of aryl methyl sites for hydroxylation is 1. The summed E-state index contributed by atoms with van der Waals surface area (Å²) in [5, 5.41) is 10.2. The number of hydrogen-bond acceptors (Lipinski definition) is 6. The summed E-state index contributed by atoms with van der Waals surface area (Å²) < 4.78 is 49.3. The zero-order chi connectivity index (χ0) is 27.2. The minimum Gasteiger partial charge on any atom is -0.459 e. The minimum absolute atomic E-state index is 0.0987. The number of fused-ring (bicyclic) bond motifs is 2. The molecule has 3 heterocycles. The normalized spacial score (nSPS) is 18.9. The van der Waals surface area contributed by atoms with Crippen LogP contribution in [0.1, 0.15) is 82.0 Å². The van der Waals surface area contributed by atoms with Crippen molar-refractivity contribution in [3.63, 3.8) is 0 Å². The van der Waals surface area contributed by atoms with Gasteiger partial charge in [0.05, 0.1) is 17.7 Å². The first-order valence-electron chi connectivity index (χ1n) is 12.4. The highest BCUT2D eigenvalue weighted by atomic mass is 79.9. The van der Waals surface area contributed by atoms with Crippen molar-refractivity contribution in [3.8, 4) is 0 Å². The summed E-state index contributed by atoms with van der Waals surface area (Å²) in [5.41, 5.74) is 1.73. The Labute approximate surface area is 229 Å². The van der Waals surface area contributed by atoms with Gasteiger partial charge in [-0.25, -0.2) is 9.48 Å². The quantitative estimate of drug-likeness (QED) is 0.302. The summed E-state index contributed by atoms with van der Waals surface area (Å²) in [6, 6.07) is 5.85. The number of halogens is 4. The molecule has 0 bridgehead atoms. The van der Waals surface area contributed by atoms with Crippen LogP contribution in [0.15, 0.2) is 34.8 Å². The molecule has 0 spiro atoms. The monoisotopic (exact) mass is 610 g/mol. The maximum absolute atomic E-state index is 14.1. The summed E-state index contributed by atoms with van der Waals surface area (Å²) in [4.78, 5) is 27.2. The van der Waals surface area contributed by atoms with Crippen molar-refractivity contribution in [1.82, 2.24) is 9.78 Å². The average molecular weight is 611 g/mol. The number of alkyl halides is 3. The first-order valence-corrected chi connectivity index (χ1v) is 14.0. The molecule has 0 radical (unpaired) electrons. The van der Waals surface area contributed by atoms with E-state index in [2.05, 4.69) is 31.7 Å². The van der Waals surface area contributed by atoms with E-state index in [1.807, 2.05) is 0 Å². The molecule has 0 saturated carbocycles. The number of amides is 1. The molecule has 0 fully saturated rings. The van der Waals surface area contributed by atoms with Crippen LogP contribution < -0.4 is 10.6 Å². The van der Waals surface area contributed by atoms with Crippen LogP contribution in [0.4, 0.5) is 24.0 Å². The van der Waals surface area contributed by atoms with Crippen LogP contribution >= 0.6 is 27.3 Å². The second-order valence-corrected chi connectivity index (χ2v) is 11.7. The number of carbonyl (C=O) groups is 2. The van der Waals surface area contributed by atoms with Crippen molar-refractivity contribution in [1.29, 1.82) is 0 Å². The lowest BCUT2D eigenvalue weighted by Crippen LogP contribution is -2.35. The van der Waals surface area contributed by atoms with Gasteiger partial charge in [-0.2, -0.15) is 18.3 Å². The summed E-state index contributed by atoms with van der Waals surface area (Å²) in [7, 11) is 0. The fourth-order valence-corrected chi connectivity index (χ4v) is 6.44. The number of carbonyl (C=O) groups excluding carboxylic acids is 2. The van der Waals surface area contributed by atoms with E-state index in [-0.39, 0.29) is 24.0 Å². The Bertz CT molecular complexity index is 1370. The molecule has 2 atom stereocenters. The molecular formula is C26H26BrF3N4O3S. The molecule has 38 heavy (non-hydrogen) atoms. The van der Waals surface area contributed by atoms with Crippen LogP contribution in [-0.4, -0.2) is 33.9 Å². The molecule has 0 saturated heterocycles. The van der Waals surface area contributed by atoms with Crippen molar-refractivity contribution in [2.24, 2.45) is 0 Å². The molecule has 2 aliphatic rings. The van der Waals surface area contributed by atoms with Crippen molar-refractivity contribution in [2.75, 3.05) is 10.6 Å². The van der Waals surface area contributed by atoms with Crippen LogP contribution in [0, 0.1) is 0 Å². The molecule has 1 amide bonds. The Kier molecular flexibility index (Phi) is 7.29. The van der Waals surface area contributed by atoms with Crippen LogP contribution in [0.25, 0.3) is 0 Å². The highest BCUT2D eigenvalue weighted by Crippen LogP contribution is 2.44. The van der Waals surface area contributed by atoms with E-state index in [0.717, 1.165) is 38.9 Å². The maximum Gasteiger partial charge on any atom is 0.410 e. The Morgan fingerprint density at radius 1 is 1.21 bits per heavy atom. The van der Waals surface area contributed by atoms with Gasteiger partial charge in [-0.05, 0) is 62.8 Å². The minimum atomic E-state index is -4.56. The van der Waals surface area contributed by atoms with Gasteiger partial charge in [-0.3, -0.25) is 4.79 Å². The van der Waals surface area contributed by atoms with E-state index in [0.29, 0.717) is 22.5 Å². The fourth-order valence-electron chi connectivity index (χ4n) is 4.91. The van der Waals surface area contributed by atoms with Crippen LogP contribution in [0.2, 0.25) is 0 Å². The second kappa shape index (κ2) is 10.4. The number of nitrogens with zero attached hydrogens (tertiary/aromatic N) is 2. The number of thiophene rings is 1. The maximum atomic E-state index is 14.1. The van der Waals surface area contributed by atoms with Gasteiger partial charge >= 0.3 is 12.1 Å². The Hall–Kier alpha value is -2.86. The van der Waals surface area contributed by atoms with Gasteiger partial charge in [0.2, 0.25) is 0 Å². The molecule has 3 aromatic rings. The summed E-state index contributed by atoms with van der Waals surface area (Å²) >= 11 is 4.65. The van der Waals surface area contributed by atoms with E-state index in [1.54, 1.807) is 38.1 Å². The number of hydrogen-bond donors (Lipinski definition) is 2. The number of esters is 1. The first kappa shape index (κ1) is 26.7. The SMILES string of the molecule is CC(C)OC(=O)c1c(NC(=O)c2cc3n(n2)C(C(F)(F)F)CC(c2ccc(Br)cc2)N3)sc2c1CCCC2. The van der Waals surface area contributed by atoms with Crippen molar-refractivity contribution < 1.29 is 27.5 Å². The first-order chi connectivity index (χ1) is 18.0. The predicted octanol–water partition coefficient (Wildman–Crippen LogP) is 7.06. The lowest BCUT2D eigenvalue weighted by Gasteiger charge is -2.33. The lowest BCUT2D eigenvalue weighted by atomic mass is 9.95. The van der Waals surface area contributed by atoms with Gasteiger partial charge in [-0.1, -0.05) is 28.1 Å². The van der Waals surface area contributed by atoms with Crippen LogP contribution in [0.3, 0.4) is 0 Å². The number of ether oxygens (including phenoxy) is 1. The number of aromatic nitrogens is 2.